The first kappa shape index (κ1) is 17.2. The van der Waals surface area contributed by atoms with E-state index in [2.05, 4.69) is 20.3 Å². The summed E-state index contributed by atoms with van der Waals surface area (Å²) in [4.78, 5) is 38.2. The number of nitrogens with zero attached hydrogens (tertiary/aromatic N) is 3. The van der Waals surface area contributed by atoms with Crippen LogP contribution >= 0.6 is 0 Å². The van der Waals surface area contributed by atoms with Crippen molar-refractivity contribution in [1.29, 1.82) is 0 Å². The topological polar surface area (TPSA) is 91.0 Å². The Kier molecular flexibility index (Phi) is 4.82. The number of amides is 2. The third-order valence-corrected chi connectivity index (χ3v) is 4.78. The van der Waals surface area contributed by atoms with E-state index in [1.165, 1.54) is 0 Å². The molecule has 1 fully saturated rings. The van der Waals surface area contributed by atoms with Gasteiger partial charge in [0, 0.05) is 44.9 Å². The lowest BCUT2D eigenvalue weighted by Crippen LogP contribution is -2.34. The highest BCUT2D eigenvalue weighted by atomic mass is 16.2. The molecule has 27 heavy (non-hydrogen) atoms. The largest absolute Gasteiger partial charge is 0.355 e. The molecule has 0 bridgehead atoms. The summed E-state index contributed by atoms with van der Waals surface area (Å²) in [5, 5.41) is 2.93. The number of rotatable bonds is 6. The number of benzene rings is 1. The minimum atomic E-state index is -0.301. The van der Waals surface area contributed by atoms with Crippen molar-refractivity contribution in [2.24, 2.45) is 5.92 Å². The molecule has 4 rings (SSSR count). The molecule has 2 aromatic heterocycles. The van der Waals surface area contributed by atoms with E-state index in [0.717, 1.165) is 22.4 Å². The van der Waals surface area contributed by atoms with Crippen LogP contribution in [0.4, 0.5) is 0 Å². The van der Waals surface area contributed by atoms with Crippen molar-refractivity contribution in [3.05, 3.63) is 60.2 Å². The second-order valence-corrected chi connectivity index (χ2v) is 6.78. The summed E-state index contributed by atoms with van der Waals surface area (Å²) >= 11 is 0. The molecule has 3 aromatic rings. The van der Waals surface area contributed by atoms with Gasteiger partial charge in [-0.3, -0.25) is 14.6 Å². The molecule has 1 aliphatic rings. The number of fused-ring (bicyclic) bond motifs is 1. The van der Waals surface area contributed by atoms with Crippen LogP contribution in [-0.2, 0) is 22.6 Å². The van der Waals surface area contributed by atoms with E-state index in [4.69, 9.17) is 0 Å². The average Bonchev–Trinajstić information content (AvgIpc) is 3.26. The van der Waals surface area contributed by atoms with Gasteiger partial charge in [0.15, 0.2) is 0 Å². The Hall–Kier alpha value is -3.22. The second kappa shape index (κ2) is 7.57. The minimum absolute atomic E-state index is 0.0105. The molecule has 0 spiro atoms. The maximum absolute atomic E-state index is 12.4. The number of likely N-dealkylation sites (tertiary alicyclic amines) is 1. The monoisotopic (exact) mass is 363 g/mol. The normalized spacial score (nSPS) is 16.8. The zero-order valence-electron chi connectivity index (χ0n) is 14.9. The van der Waals surface area contributed by atoms with Gasteiger partial charge in [0.25, 0.3) is 0 Å². The highest BCUT2D eigenvalue weighted by Crippen LogP contribution is 2.20. The molecule has 0 radical (unpaired) electrons. The standard InChI is InChI=1S/C20H21N5O2/c26-19-10-15(13-25(19)12-14-4-3-8-21-11-14)20(27)22-9-7-18-23-16-5-1-2-6-17(16)24-18/h1-6,8,11,15H,7,9-10,12-13H2,(H,22,27)(H,23,24)/t15-/m0/s1. The molecule has 0 aliphatic carbocycles. The molecule has 7 nitrogen and oxygen atoms in total. The van der Waals surface area contributed by atoms with E-state index in [1.807, 2.05) is 36.4 Å². The summed E-state index contributed by atoms with van der Waals surface area (Å²) in [5.74, 6) is 0.478. The summed E-state index contributed by atoms with van der Waals surface area (Å²) in [6, 6.07) is 11.6. The van der Waals surface area contributed by atoms with Crippen LogP contribution in [0.1, 0.15) is 17.8 Å². The van der Waals surface area contributed by atoms with Gasteiger partial charge in [0.1, 0.15) is 5.82 Å². The Balaban J connectivity index is 1.27. The van der Waals surface area contributed by atoms with Crippen LogP contribution in [0.2, 0.25) is 0 Å². The van der Waals surface area contributed by atoms with E-state index in [1.54, 1.807) is 17.3 Å². The van der Waals surface area contributed by atoms with Gasteiger partial charge < -0.3 is 15.2 Å². The summed E-state index contributed by atoms with van der Waals surface area (Å²) < 4.78 is 0. The van der Waals surface area contributed by atoms with Gasteiger partial charge in [-0.25, -0.2) is 4.98 Å². The van der Waals surface area contributed by atoms with Crippen LogP contribution in [0.3, 0.4) is 0 Å². The molecule has 1 aromatic carbocycles. The van der Waals surface area contributed by atoms with E-state index in [0.29, 0.717) is 26.1 Å². The third-order valence-electron chi connectivity index (χ3n) is 4.78. The Labute approximate surface area is 156 Å². The number of para-hydroxylation sites is 2. The second-order valence-electron chi connectivity index (χ2n) is 6.78. The Morgan fingerprint density at radius 2 is 2.15 bits per heavy atom. The molecule has 0 saturated carbocycles. The predicted octanol–water partition coefficient (Wildman–Crippen LogP) is 1.67. The number of pyridine rings is 1. The average molecular weight is 363 g/mol. The van der Waals surface area contributed by atoms with E-state index < -0.39 is 0 Å². The van der Waals surface area contributed by atoms with Gasteiger partial charge in [-0.05, 0) is 23.8 Å². The Bertz CT molecular complexity index is 920. The van der Waals surface area contributed by atoms with Crippen LogP contribution in [0, 0.1) is 5.92 Å². The van der Waals surface area contributed by atoms with Crippen molar-refractivity contribution in [1.82, 2.24) is 25.2 Å². The molecule has 3 heterocycles. The molecule has 1 aliphatic heterocycles. The number of aromatic nitrogens is 3. The number of H-pyrrole nitrogens is 1. The third kappa shape index (κ3) is 3.97. The zero-order chi connectivity index (χ0) is 18.6. The van der Waals surface area contributed by atoms with E-state index in [9.17, 15) is 9.59 Å². The van der Waals surface area contributed by atoms with Gasteiger partial charge in [-0.15, -0.1) is 0 Å². The number of carbonyl (C=O) groups excluding carboxylic acids is 2. The van der Waals surface area contributed by atoms with Crippen molar-refractivity contribution < 1.29 is 9.59 Å². The highest BCUT2D eigenvalue weighted by molar-refractivity contribution is 5.89. The molecule has 7 heteroatoms. The summed E-state index contributed by atoms with van der Waals surface area (Å²) in [6.45, 7) is 1.44. The first-order valence-electron chi connectivity index (χ1n) is 9.07. The molecule has 1 atom stereocenters. The highest BCUT2D eigenvalue weighted by Gasteiger charge is 2.34. The number of carbonyl (C=O) groups is 2. The molecule has 2 amide bonds. The van der Waals surface area contributed by atoms with Gasteiger partial charge in [-0.2, -0.15) is 0 Å². The summed E-state index contributed by atoms with van der Waals surface area (Å²) in [7, 11) is 0. The summed E-state index contributed by atoms with van der Waals surface area (Å²) in [5.41, 5.74) is 2.88. The van der Waals surface area contributed by atoms with Gasteiger partial charge >= 0.3 is 0 Å². The van der Waals surface area contributed by atoms with Crippen molar-refractivity contribution in [2.45, 2.75) is 19.4 Å². The number of hydrogen-bond donors (Lipinski definition) is 2. The maximum atomic E-state index is 12.4. The quantitative estimate of drug-likeness (QED) is 0.697. The van der Waals surface area contributed by atoms with Crippen molar-refractivity contribution in [2.75, 3.05) is 13.1 Å². The number of aromatic amines is 1. The van der Waals surface area contributed by atoms with Gasteiger partial charge in [0.05, 0.1) is 17.0 Å². The van der Waals surface area contributed by atoms with Crippen LogP contribution < -0.4 is 5.32 Å². The minimum Gasteiger partial charge on any atom is -0.355 e. The van der Waals surface area contributed by atoms with Gasteiger partial charge in [0.2, 0.25) is 11.8 Å². The Morgan fingerprint density at radius 3 is 2.96 bits per heavy atom. The number of imidazole rings is 1. The van der Waals surface area contributed by atoms with Crippen molar-refractivity contribution in [3.63, 3.8) is 0 Å². The number of hydrogen-bond acceptors (Lipinski definition) is 4. The molecular weight excluding hydrogens is 342 g/mol. The van der Waals surface area contributed by atoms with E-state index >= 15 is 0 Å². The summed E-state index contributed by atoms with van der Waals surface area (Å²) in [6.07, 6.45) is 4.33. The van der Waals surface area contributed by atoms with E-state index in [-0.39, 0.29) is 24.2 Å². The van der Waals surface area contributed by atoms with Crippen LogP contribution in [0.15, 0.2) is 48.8 Å². The van der Waals surface area contributed by atoms with Crippen LogP contribution in [-0.4, -0.2) is 44.8 Å². The molecular formula is C20H21N5O2. The lowest BCUT2D eigenvalue weighted by Gasteiger charge is -2.16. The first-order valence-corrected chi connectivity index (χ1v) is 9.07. The fourth-order valence-corrected chi connectivity index (χ4v) is 3.39. The molecule has 138 valence electrons. The molecule has 1 saturated heterocycles. The van der Waals surface area contributed by atoms with Crippen molar-refractivity contribution in [3.8, 4) is 0 Å². The maximum Gasteiger partial charge on any atom is 0.225 e. The van der Waals surface area contributed by atoms with Crippen LogP contribution in [0.25, 0.3) is 11.0 Å². The number of nitrogens with one attached hydrogen (secondary N) is 2. The smallest absolute Gasteiger partial charge is 0.225 e. The first-order chi connectivity index (χ1) is 13.2. The SMILES string of the molecule is O=C(NCCc1nc2ccccc2[nH]1)[C@H]1CC(=O)N(Cc2cccnc2)C1. The lowest BCUT2D eigenvalue weighted by molar-refractivity contribution is -0.129. The molecule has 2 N–H and O–H groups in total. The van der Waals surface area contributed by atoms with Crippen molar-refractivity contribution >= 4 is 22.8 Å². The Morgan fingerprint density at radius 1 is 1.26 bits per heavy atom. The fourth-order valence-electron chi connectivity index (χ4n) is 3.39. The zero-order valence-corrected chi connectivity index (χ0v) is 14.9. The lowest BCUT2D eigenvalue weighted by atomic mass is 10.1. The predicted molar refractivity (Wildman–Crippen MR) is 101 cm³/mol. The molecule has 0 unspecified atom stereocenters. The van der Waals surface area contributed by atoms with Crippen LogP contribution in [0.5, 0.6) is 0 Å². The fraction of sp³-hybridized carbons (Fsp3) is 0.300. The van der Waals surface area contributed by atoms with Gasteiger partial charge in [-0.1, -0.05) is 18.2 Å².